The number of rotatable bonds is 9. The molecule has 0 aliphatic carbocycles. The van der Waals surface area contributed by atoms with Crippen molar-refractivity contribution in [2.75, 3.05) is 36.8 Å². The molecule has 2 aromatic rings. The maximum absolute atomic E-state index is 11.8. The fraction of sp³-hybridized carbons (Fsp3) is 0.312. The first-order valence-corrected chi connectivity index (χ1v) is 7.68. The van der Waals surface area contributed by atoms with Crippen molar-refractivity contribution >= 4 is 23.2 Å². The molecule has 1 amide bonds. The summed E-state index contributed by atoms with van der Waals surface area (Å²) < 4.78 is 10.4. The van der Waals surface area contributed by atoms with Gasteiger partial charge in [-0.25, -0.2) is 9.97 Å². The van der Waals surface area contributed by atoms with Crippen LogP contribution in [0.15, 0.2) is 36.7 Å². The molecule has 1 unspecified atom stereocenters. The van der Waals surface area contributed by atoms with E-state index in [2.05, 4.69) is 26.1 Å². The molecule has 9 nitrogen and oxygen atoms in total. The first-order chi connectivity index (χ1) is 12.1. The van der Waals surface area contributed by atoms with E-state index in [1.807, 2.05) is 25.1 Å². The third-order valence-corrected chi connectivity index (χ3v) is 3.12. The molecule has 9 heteroatoms. The summed E-state index contributed by atoms with van der Waals surface area (Å²) in [4.78, 5) is 19.9. The van der Waals surface area contributed by atoms with Crippen molar-refractivity contribution in [2.45, 2.75) is 13.0 Å². The van der Waals surface area contributed by atoms with Crippen molar-refractivity contribution in [2.24, 2.45) is 0 Å². The number of anilines is 3. The predicted octanol–water partition coefficient (Wildman–Crippen LogP) is 1.03. The van der Waals surface area contributed by atoms with Crippen LogP contribution in [0.25, 0.3) is 0 Å². The van der Waals surface area contributed by atoms with Gasteiger partial charge in [0.1, 0.15) is 17.8 Å². The average molecular weight is 346 g/mol. The SMILES string of the molecule is COCC(C)Nc1ncnc(NNC(=O)COc2ccccc2)c1N. The van der Waals surface area contributed by atoms with Crippen LogP contribution in [0.3, 0.4) is 0 Å². The number of benzene rings is 1. The second-order valence-corrected chi connectivity index (χ2v) is 5.26. The molecule has 134 valence electrons. The van der Waals surface area contributed by atoms with Gasteiger partial charge in [-0.15, -0.1) is 0 Å². The Labute approximate surface area is 145 Å². The normalized spacial score (nSPS) is 11.4. The first kappa shape index (κ1) is 18.3. The summed E-state index contributed by atoms with van der Waals surface area (Å²) in [6.07, 6.45) is 1.34. The molecule has 1 atom stereocenters. The van der Waals surface area contributed by atoms with E-state index >= 15 is 0 Å². The molecular formula is C16H22N6O3. The zero-order chi connectivity index (χ0) is 18.1. The van der Waals surface area contributed by atoms with Crippen LogP contribution in [0, 0.1) is 0 Å². The number of methoxy groups -OCH3 is 1. The summed E-state index contributed by atoms with van der Waals surface area (Å²) in [6.45, 7) is 2.29. The molecule has 2 rings (SSSR count). The molecule has 1 aromatic heterocycles. The monoisotopic (exact) mass is 346 g/mol. The lowest BCUT2D eigenvalue weighted by Gasteiger charge is -2.16. The van der Waals surface area contributed by atoms with Crippen molar-refractivity contribution in [3.05, 3.63) is 36.7 Å². The quantitative estimate of drug-likeness (QED) is 0.496. The maximum Gasteiger partial charge on any atom is 0.276 e. The van der Waals surface area contributed by atoms with Gasteiger partial charge in [-0.2, -0.15) is 0 Å². The van der Waals surface area contributed by atoms with Crippen LogP contribution in [0.5, 0.6) is 5.75 Å². The van der Waals surface area contributed by atoms with Gasteiger partial charge < -0.3 is 20.5 Å². The number of hydrogen-bond acceptors (Lipinski definition) is 8. The van der Waals surface area contributed by atoms with Crippen molar-refractivity contribution in [3.8, 4) is 5.75 Å². The first-order valence-electron chi connectivity index (χ1n) is 7.68. The summed E-state index contributed by atoms with van der Waals surface area (Å²) in [5, 5.41) is 3.11. The number of aromatic nitrogens is 2. The van der Waals surface area contributed by atoms with E-state index in [9.17, 15) is 4.79 Å². The lowest BCUT2D eigenvalue weighted by molar-refractivity contribution is -0.122. The fourth-order valence-corrected chi connectivity index (χ4v) is 1.97. The van der Waals surface area contributed by atoms with Crippen molar-refractivity contribution in [1.29, 1.82) is 0 Å². The van der Waals surface area contributed by atoms with Gasteiger partial charge >= 0.3 is 0 Å². The maximum atomic E-state index is 11.8. The minimum absolute atomic E-state index is 0.0175. The van der Waals surface area contributed by atoms with Gasteiger partial charge in [0, 0.05) is 13.2 Å². The van der Waals surface area contributed by atoms with Gasteiger partial charge in [0.25, 0.3) is 5.91 Å². The predicted molar refractivity (Wildman–Crippen MR) is 95.1 cm³/mol. The average Bonchev–Trinajstić information content (AvgIpc) is 2.62. The number of nitrogens with one attached hydrogen (secondary N) is 3. The molecule has 0 spiro atoms. The highest BCUT2D eigenvalue weighted by atomic mass is 16.5. The van der Waals surface area contributed by atoms with Crippen LogP contribution in [-0.2, 0) is 9.53 Å². The van der Waals surface area contributed by atoms with E-state index < -0.39 is 0 Å². The second-order valence-electron chi connectivity index (χ2n) is 5.26. The molecule has 0 fully saturated rings. The van der Waals surface area contributed by atoms with Gasteiger partial charge in [-0.05, 0) is 19.1 Å². The Hall–Kier alpha value is -3.07. The molecular weight excluding hydrogens is 324 g/mol. The molecule has 25 heavy (non-hydrogen) atoms. The third kappa shape index (κ3) is 5.81. The van der Waals surface area contributed by atoms with E-state index in [1.54, 1.807) is 19.2 Å². The summed E-state index contributed by atoms with van der Waals surface area (Å²) in [7, 11) is 1.61. The number of carbonyl (C=O) groups excluding carboxylic acids is 1. The molecule has 0 aliphatic rings. The Morgan fingerprint density at radius 3 is 2.68 bits per heavy atom. The summed E-state index contributed by atoms with van der Waals surface area (Å²) in [5.41, 5.74) is 11.4. The van der Waals surface area contributed by atoms with E-state index in [-0.39, 0.29) is 30.1 Å². The highest BCUT2D eigenvalue weighted by Crippen LogP contribution is 2.22. The van der Waals surface area contributed by atoms with Gasteiger partial charge in [0.2, 0.25) is 0 Å². The van der Waals surface area contributed by atoms with E-state index in [1.165, 1.54) is 6.33 Å². The molecule has 5 N–H and O–H groups in total. The fourth-order valence-electron chi connectivity index (χ4n) is 1.97. The molecule has 0 saturated heterocycles. The number of nitrogen functional groups attached to an aromatic ring is 1. The molecule has 1 aromatic carbocycles. The van der Waals surface area contributed by atoms with E-state index in [0.29, 0.717) is 18.2 Å². The summed E-state index contributed by atoms with van der Waals surface area (Å²) >= 11 is 0. The number of nitrogens with zero attached hydrogens (tertiary/aromatic N) is 2. The highest BCUT2D eigenvalue weighted by molar-refractivity contribution is 5.81. The number of amides is 1. The van der Waals surface area contributed by atoms with Crippen LogP contribution in [0.1, 0.15) is 6.92 Å². The highest BCUT2D eigenvalue weighted by Gasteiger charge is 2.11. The molecule has 0 bridgehead atoms. The van der Waals surface area contributed by atoms with Crippen LogP contribution in [-0.4, -0.2) is 42.2 Å². The van der Waals surface area contributed by atoms with Crippen molar-refractivity contribution in [1.82, 2.24) is 15.4 Å². The number of carbonyl (C=O) groups is 1. The largest absolute Gasteiger partial charge is 0.484 e. The summed E-state index contributed by atoms with van der Waals surface area (Å²) in [5.74, 6) is 0.981. The van der Waals surface area contributed by atoms with Gasteiger partial charge in [-0.3, -0.25) is 15.6 Å². The second kappa shape index (κ2) is 9.28. The van der Waals surface area contributed by atoms with Crippen molar-refractivity contribution < 1.29 is 14.3 Å². The lowest BCUT2D eigenvalue weighted by Crippen LogP contribution is -2.34. The van der Waals surface area contributed by atoms with Gasteiger partial charge in [0.15, 0.2) is 18.2 Å². The Bertz CT molecular complexity index is 683. The number of para-hydroxylation sites is 1. The smallest absolute Gasteiger partial charge is 0.276 e. The molecule has 0 aliphatic heterocycles. The molecule has 0 saturated carbocycles. The standard InChI is InChI=1S/C16H22N6O3/c1-11(8-24-2)20-15-14(17)16(19-10-18-15)22-21-13(23)9-25-12-6-4-3-5-7-12/h3-7,10-11H,8-9,17H2,1-2H3,(H,21,23)(H2,18,19,20,22). The number of ether oxygens (including phenoxy) is 2. The number of nitrogens with two attached hydrogens (primary N) is 1. The Morgan fingerprint density at radius 1 is 1.24 bits per heavy atom. The van der Waals surface area contributed by atoms with Crippen LogP contribution in [0.2, 0.25) is 0 Å². The Balaban J connectivity index is 1.86. The molecule has 1 heterocycles. The van der Waals surface area contributed by atoms with Crippen LogP contribution >= 0.6 is 0 Å². The van der Waals surface area contributed by atoms with Crippen molar-refractivity contribution in [3.63, 3.8) is 0 Å². The number of hydrogen-bond donors (Lipinski definition) is 4. The minimum Gasteiger partial charge on any atom is -0.484 e. The van der Waals surface area contributed by atoms with E-state index in [0.717, 1.165) is 0 Å². The van der Waals surface area contributed by atoms with Gasteiger partial charge in [0.05, 0.1) is 6.61 Å². The van der Waals surface area contributed by atoms with Crippen LogP contribution in [0.4, 0.5) is 17.3 Å². The third-order valence-electron chi connectivity index (χ3n) is 3.12. The zero-order valence-corrected chi connectivity index (χ0v) is 14.2. The molecule has 0 radical (unpaired) electrons. The van der Waals surface area contributed by atoms with E-state index in [4.69, 9.17) is 15.2 Å². The zero-order valence-electron chi connectivity index (χ0n) is 14.2. The Morgan fingerprint density at radius 2 is 1.96 bits per heavy atom. The minimum atomic E-state index is -0.371. The number of hydrazine groups is 1. The van der Waals surface area contributed by atoms with Gasteiger partial charge in [-0.1, -0.05) is 18.2 Å². The summed E-state index contributed by atoms with van der Waals surface area (Å²) in [6, 6.07) is 9.07. The topological polar surface area (TPSA) is 123 Å². The lowest BCUT2D eigenvalue weighted by atomic mass is 10.3. The van der Waals surface area contributed by atoms with Crippen LogP contribution < -0.4 is 26.6 Å². The Kier molecular flexibility index (Phi) is 6.78.